The van der Waals surface area contributed by atoms with Crippen LogP contribution in [-0.2, 0) is 10.2 Å². The van der Waals surface area contributed by atoms with Crippen molar-refractivity contribution in [2.24, 2.45) is 0 Å². The van der Waals surface area contributed by atoms with Gasteiger partial charge in [-0.15, -0.1) is 0 Å². The average molecular weight is 223 g/mol. The summed E-state index contributed by atoms with van der Waals surface area (Å²) in [5.74, 6) is -0.976. The Kier molecular flexibility index (Phi) is 3.27. The van der Waals surface area contributed by atoms with Crippen molar-refractivity contribution in [1.82, 2.24) is 0 Å². The quantitative estimate of drug-likeness (QED) is 0.627. The molecule has 0 spiro atoms. The molecule has 1 rings (SSSR count). The van der Waals surface area contributed by atoms with Crippen LogP contribution in [0.1, 0.15) is 25.8 Å². The number of hydrogen-bond donors (Lipinski definition) is 1. The third kappa shape index (κ3) is 2.03. The zero-order valence-corrected chi connectivity index (χ0v) is 9.14. The number of nitro groups is 1. The molecule has 0 saturated carbocycles. The topological polar surface area (TPSA) is 80.4 Å². The molecule has 1 N–H and O–H groups in total. The summed E-state index contributed by atoms with van der Waals surface area (Å²) in [6.07, 6.45) is 0.378. The Morgan fingerprint density at radius 3 is 2.62 bits per heavy atom. The number of nitro benzene ring substituents is 1. The van der Waals surface area contributed by atoms with E-state index in [0.717, 1.165) is 0 Å². The zero-order valence-electron chi connectivity index (χ0n) is 9.14. The standard InChI is InChI=1S/C11H13NO4/c1-3-11(2,10(13)14)8-5-4-6-9(7-8)12(15)16/h4-7H,3H2,1-2H3,(H,13,14). The molecule has 0 aliphatic heterocycles. The van der Waals surface area contributed by atoms with Gasteiger partial charge in [0, 0.05) is 12.1 Å². The van der Waals surface area contributed by atoms with Crippen LogP contribution in [0.3, 0.4) is 0 Å². The Hall–Kier alpha value is -1.91. The molecule has 86 valence electrons. The molecule has 5 heteroatoms. The highest BCUT2D eigenvalue weighted by atomic mass is 16.6. The molecule has 1 aromatic carbocycles. The van der Waals surface area contributed by atoms with Gasteiger partial charge in [-0.2, -0.15) is 0 Å². The second-order valence-electron chi connectivity index (χ2n) is 3.80. The minimum Gasteiger partial charge on any atom is -0.481 e. The number of carboxylic acids is 1. The van der Waals surface area contributed by atoms with Crippen molar-refractivity contribution in [3.63, 3.8) is 0 Å². The minimum atomic E-state index is -1.08. The average Bonchev–Trinajstić information content (AvgIpc) is 2.27. The number of rotatable bonds is 4. The molecule has 1 aromatic rings. The Morgan fingerprint density at radius 1 is 1.56 bits per heavy atom. The van der Waals surface area contributed by atoms with Crippen molar-refractivity contribution in [1.29, 1.82) is 0 Å². The van der Waals surface area contributed by atoms with E-state index >= 15 is 0 Å². The van der Waals surface area contributed by atoms with Crippen LogP contribution >= 0.6 is 0 Å². The lowest BCUT2D eigenvalue weighted by molar-refractivity contribution is -0.384. The van der Waals surface area contributed by atoms with Crippen molar-refractivity contribution in [3.05, 3.63) is 39.9 Å². The first-order valence-electron chi connectivity index (χ1n) is 4.90. The van der Waals surface area contributed by atoms with E-state index in [0.29, 0.717) is 12.0 Å². The fourth-order valence-electron chi connectivity index (χ4n) is 1.44. The first kappa shape index (κ1) is 12.2. The normalized spacial score (nSPS) is 14.1. The van der Waals surface area contributed by atoms with Crippen molar-refractivity contribution in [3.8, 4) is 0 Å². The summed E-state index contributed by atoms with van der Waals surface area (Å²) in [7, 11) is 0. The highest BCUT2D eigenvalue weighted by Gasteiger charge is 2.34. The largest absolute Gasteiger partial charge is 0.481 e. The number of carbonyl (C=O) groups is 1. The summed E-state index contributed by atoms with van der Waals surface area (Å²) in [6.45, 7) is 3.31. The lowest BCUT2D eigenvalue weighted by Gasteiger charge is -2.23. The van der Waals surface area contributed by atoms with Crippen LogP contribution in [0.5, 0.6) is 0 Å². The molecule has 16 heavy (non-hydrogen) atoms. The van der Waals surface area contributed by atoms with Crippen LogP contribution in [0.4, 0.5) is 5.69 Å². The van der Waals surface area contributed by atoms with Crippen LogP contribution < -0.4 is 0 Å². The van der Waals surface area contributed by atoms with E-state index in [9.17, 15) is 14.9 Å². The van der Waals surface area contributed by atoms with Gasteiger partial charge in [-0.25, -0.2) is 0 Å². The fourth-order valence-corrected chi connectivity index (χ4v) is 1.44. The molecule has 0 aliphatic carbocycles. The molecule has 5 nitrogen and oxygen atoms in total. The van der Waals surface area contributed by atoms with Gasteiger partial charge in [0.25, 0.3) is 5.69 Å². The maximum atomic E-state index is 11.2. The van der Waals surface area contributed by atoms with Crippen LogP contribution in [0.2, 0.25) is 0 Å². The molecule has 0 saturated heterocycles. The molecule has 0 amide bonds. The van der Waals surface area contributed by atoms with E-state index in [1.807, 2.05) is 0 Å². The van der Waals surface area contributed by atoms with Crippen molar-refractivity contribution in [2.75, 3.05) is 0 Å². The summed E-state index contributed by atoms with van der Waals surface area (Å²) in [5, 5.41) is 19.7. The zero-order chi connectivity index (χ0) is 12.3. The van der Waals surface area contributed by atoms with E-state index < -0.39 is 16.3 Å². The summed E-state index contributed by atoms with van der Waals surface area (Å²) >= 11 is 0. The molecule has 0 bridgehead atoms. The van der Waals surface area contributed by atoms with E-state index in [1.54, 1.807) is 19.9 Å². The van der Waals surface area contributed by atoms with Gasteiger partial charge in [0.05, 0.1) is 10.3 Å². The van der Waals surface area contributed by atoms with E-state index in [-0.39, 0.29) is 5.69 Å². The first-order valence-corrected chi connectivity index (χ1v) is 4.90. The maximum Gasteiger partial charge on any atom is 0.313 e. The SMILES string of the molecule is CCC(C)(C(=O)O)c1cccc([N+](=O)[O-])c1. The van der Waals surface area contributed by atoms with E-state index in [2.05, 4.69) is 0 Å². The monoisotopic (exact) mass is 223 g/mol. The third-order valence-electron chi connectivity index (χ3n) is 2.87. The van der Waals surface area contributed by atoms with Crippen LogP contribution in [0, 0.1) is 10.1 Å². The van der Waals surface area contributed by atoms with E-state index in [1.165, 1.54) is 18.2 Å². The second-order valence-corrected chi connectivity index (χ2v) is 3.80. The fraction of sp³-hybridized carbons (Fsp3) is 0.364. The van der Waals surface area contributed by atoms with E-state index in [4.69, 9.17) is 5.11 Å². The summed E-state index contributed by atoms with van der Waals surface area (Å²) in [4.78, 5) is 21.2. The number of benzene rings is 1. The summed E-state index contributed by atoms with van der Waals surface area (Å²) in [5.41, 5.74) is -0.707. The highest BCUT2D eigenvalue weighted by Crippen LogP contribution is 2.30. The van der Waals surface area contributed by atoms with Gasteiger partial charge in [0.1, 0.15) is 0 Å². The van der Waals surface area contributed by atoms with Gasteiger partial charge < -0.3 is 5.11 Å². The molecular weight excluding hydrogens is 210 g/mol. The summed E-state index contributed by atoms with van der Waals surface area (Å²) < 4.78 is 0. The summed E-state index contributed by atoms with van der Waals surface area (Å²) in [6, 6.07) is 5.77. The van der Waals surface area contributed by atoms with Crippen LogP contribution in [0.25, 0.3) is 0 Å². The molecule has 0 radical (unpaired) electrons. The number of carboxylic acid groups (broad SMARTS) is 1. The number of aliphatic carboxylic acids is 1. The molecule has 0 aromatic heterocycles. The van der Waals surface area contributed by atoms with Crippen molar-refractivity contribution in [2.45, 2.75) is 25.7 Å². The van der Waals surface area contributed by atoms with Crippen LogP contribution in [-0.4, -0.2) is 16.0 Å². The lowest BCUT2D eigenvalue weighted by atomic mass is 9.80. The number of non-ortho nitro benzene ring substituents is 1. The molecule has 0 heterocycles. The second kappa shape index (κ2) is 4.30. The smallest absolute Gasteiger partial charge is 0.313 e. The van der Waals surface area contributed by atoms with Gasteiger partial charge in [-0.1, -0.05) is 19.1 Å². The maximum absolute atomic E-state index is 11.2. The van der Waals surface area contributed by atoms with Gasteiger partial charge in [0.2, 0.25) is 0 Å². The Bertz CT molecular complexity index is 430. The van der Waals surface area contributed by atoms with Gasteiger partial charge in [-0.3, -0.25) is 14.9 Å². The Balaban J connectivity index is 3.26. The minimum absolute atomic E-state index is 0.0848. The Morgan fingerprint density at radius 2 is 2.19 bits per heavy atom. The predicted octanol–water partition coefficient (Wildman–Crippen LogP) is 2.35. The van der Waals surface area contributed by atoms with Gasteiger partial charge in [0.15, 0.2) is 0 Å². The van der Waals surface area contributed by atoms with Crippen molar-refractivity contribution < 1.29 is 14.8 Å². The van der Waals surface area contributed by atoms with Gasteiger partial charge >= 0.3 is 5.97 Å². The molecule has 0 aliphatic rings. The molecule has 1 atom stereocenters. The first-order chi connectivity index (χ1) is 7.41. The van der Waals surface area contributed by atoms with Crippen molar-refractivity contribution >= 4 is 11.7 Å². The number of nitrogens with zero attached hydrogens (tertiary/aromatic N) is 1. The molecule has 0 fully saturated rings. The Labute approximate surface area is 92.9 Å². The van der Waals surface area contributed by atoms with Crippen LogP contribution in [0.15, 0.2) is 24.3 Å². The predicted molar refractivity (Wildman–Crippen MR) is 58.4 cm³/mol. The highest BCUT2D eigenvalue weighted by molar-refractivity contribution is 5.81. The van der Waals surface area contributed by atoms with Gasteiger partial charge in [-0.05, 0) is 18.9 Å². The number of hydrogen-bond acceptors (Lipinski definition) is 3. The lowest BCUT2D eigenvalue weighted by Crippen LogP contribution is -2.31. The molecule has 1 unspecified atom stereocenters. The molecular formula is C11H13NO4. The third-order valence-corrected chi connectivity index (χ3v) is 2.87.